The molecular formula is C19H34N4O2. The fourth-order valence-electron chi connectivity index (χ4n) is 3.18. The second-order valence-corrected chi connectivity index (χ2v) is 8.08. The number of hydrogen-bond acceptors (Lipinski definition) is 5. The van der Waals surface area contributed by atoms with Crippen LogP contribution < -0.4 is 10.6 Å². The minimum atomic E-state index is -0.382. The number of carbonyl (C=O) groups is 1. The first-order valence-electron chi connectivity index (χ1n) is 9.40. The molecule has 1 atom stereocenters. The van der Waals surface area contributed by atoms with E-state index in [2.05, 4.69) is 47.7 Å². The van der Waals surface area contributed by atoms with Crippen molar-refractivity contribution in [3.63, 3.8) is 0 Å². The highest BCUT2D eigenvalue weighted by Crippen LogP contribution is 2.29. The molecule has 1 aliphatic heterocycles. The van der Waals surface area contributed by atoms with E-state index in [1.54, 1.807) is 0 Å². The molecule has 0 aromatic heterocycles. The summed E-state index contributed by atoms with van der Waals surface area (Å²) in [4.78, 5) is 11.2. The van der Waals surface area contributed by atoms with E-state index < -0.39 is 0 Å². The van der Waals surface area contributed by atoms with Gasteiger partial charge in [0.1, 0.15) is 0 Å². The van der Waals surface area contributed by atoms with E-state index in [0.717, 1.165) is 43.6 Å². The molecule has 1 amide bonds. The van der Waals surface area contributed by atoms with E-state index in [9.17, 15) is 4.79 Å². The van der Waals surface area contributed by atoms with Gasteiger partial charge in [0.25, 0.3) is 0 Å². The van der Waals surface area contributed by atoms with Crippen LogP contribution in [-0.2, 0) is 4.74 Å². The van der Waals surface area contributed by atoms with E-state index in [4.69, 9.17) is 5.10 Å². The Morgan fingerprint density at radius 2 is 2.20 bits per heavy atom. The van der Waals surface area contributed by atoms with Gasteiger partial charge >= 0.3 is 6.09 Å². The zero-order valence-electron chi connectivity index (χ0n) is 16.2. The molecule has 6 nitrogen and oxygen atoms in total. The van der Waals surface area contributed by atoms with Crippen molar-refractivity contribution in [1.29, 1.82) is 0 Å². The summed E-state index contributed by atoms with van der Waals surface area (Å²) in [5.74, 6) is 0. The maximum atomic E-state index is 11.2. The van der Waals surface area contributed by atoms with Crippen LogP contribution in [0.25, 0.3) is 0 Å². The highest BCUT2D eigenvalue weighted by atomic mass is 16.5. The van der Waals surface area contributed by atoms with E-state index in [-0.39, 0.29) is 17.6 Å². The second kappa shape index (κ2) is 8.70. The number of rotatable bonds is 7. The van der Waals surface area contributed by atoms with Crippen molar-refractivity contribution in [2.45, 2.75) is 65.0 Å². The molecule has 0 unspecified atom stereocenters. The summed E-state index contributed by atoms with van der Waals surface area (Å²) < 4.78 is 4.61. The maximum Gasteiger partial charge on any atom is 0.406 e. The molecule has 1 heterocycles. The fourth-order valence-corrected chi connectivity index (χ4v) is 3.18. The van der Waals surface area contributed by atoms with Crippen molar-refractivity contribution in [3.8, 4) is 0 Å². The molecule has 0 aromatic rings. The third-order valence-corrected chi connectivity index (χ3v) is 4.85. The van der Waals surface area contributed by atoms with Crippen LogP contribution in [0, 0.1) is 5.41 Å². The maximum absolute atomic E-state index is 11.2. The van der Waals surface area contributed by atoms with Crippen molar-refractivity contribution in [1.82, 2.24) is 15.6 Å². The van der Waals surface area contributed by atoms with Gasteiger partial charge in [0.05, 0.1) is 12.8 Å². The largest absolute Gasteiger partial charge is 0.453 e. The lowest BCUT2D eigenvalue weighted by atomic mass is 9.84. The predicted molar refractivity (Wildman–Crippen MR) is 102 cm³/mol. The number of carbonyl (C=O) groups excluding carboxylic acids is 1. The number of ether oxygens (including phenoxy) is 1. The van der Waals surface area contributed by atoms with Crippen LogP contribution in [-0.4, -0.2) is 55.6 Å². The normalized spacial score (nSPS) is 23.9. The second-order valence-electron chi connectivity index (χ2n) is 8.08. The molecule has 0 saturated heterocycles. The SMILES string of the molecule is C=C1CCC(C)(C)CN(CCCNC(=O)OC)/N=C\1[C@@H](C)NC1CC1. The van der Waals surface area contributed by atoms with Gasteiger partial charge in [-0.3, -0.25) is 5.01 Å². The first-order valence-corrected chi connectivity index (χ1v) is 9.40. The minimum absolute atomic E-state index is 0.195. The molecule has 2 rings (SSSR count). The number of nitrogens with zero attached hydrogens (tertiary/aromatic N) is 2. The van der Waals surface area contributed by atoms with Gasteiger partial charge in [-0.15, -0.1) is 0 Å². The van der Waals surface area contributed by atoms with Gasteiger partial charge in [0.2, 0.25) is 0 Å². The number of methoxy groups -OCH3 is 1. The molecule has 25 heavy (non-hydrogen) atoms. The molecular weight excluding hydrogens is 316 g/mol. The standard InChI is InChI=1S/C19H34N4O2/c1-14-9-10-19(3,4)13-23(12-6-11-20-18(24)25-5)22-17(14)15(2)21-16-7-8-16/h15-16,21H,1,6-13H2,2-5H3,(H,20,24)/b22-17+/t15-/m1/s1. The van der Waals surface area contributed by atoms with Gasteiger partial charge in [0.15, 0.2) is 0 Å². The Morgan fingerprint density at radius 1 is 1.48 bits per heavy atom. The minimum Gasteiger partial charge on any atom is -0.453 e. The van der Waals surface area contributed by atoms with Gasteiger partial charge in [-0.2, -0.15) is 5.10 Å². The monoisotopic (exact) mass is 350 g/mol. The summed E-state index contributed by atoms with van der Waals surface area (Å²) in [6.45, 7) is 13.4. The topological polar surface area (TPSA) is 66.0 Å². The summed E-state index contributed by atoms with van der Waals surface area (Å²) in [6, 6.07) is 0.877. The number of nitrogens with one attached hydrogen (secondary N) is 2. The van der Waals surface area contributed by atoms with Crippen molar-refractivity contribution >= 4 is 11.8 Å². The summed E-state index contributed by atoms with van der Waals surface area (Å²) in [5, 5.41) is 13.5. The summed E-state index contributed by atoms with van der Waals surface area (Å²) >= 11 is 0. The lowest BCUT2D eigenvalue weighted by molar-refractivity contribution is 0.161. The highest BCUT2D eigenvalue weighted by molar-refractivity contribution is 6.03. The zero-order chi connectivity index (χ0) is 18.4. The van der Waals surface area contributed by atoms with Gasteiger partial charge < -0.3 is 15.4 Å². The first-order chi connectivity index (χ1) is 11.8. The molecule has 142 valence electrons. The van der Waals surface area contributed by atoms with Crippen LogP contribution in [0.2, 0.25) is 0 Å². The number of amides is 1. The zero-order valence-corrected chi connectivity index (χ0v) is 16.2. The van der Waals surface area contributed by atoms with Gasteiger partial charge in [-0.1, -0.05) is 20.4 Å². The van der Waals surface area contributed by atoms with Crippen molar-refractivity contribution in [3.05, 3.63) is 12.2 Å². The van der Waals surface area contributed by atoms with Gasteiger partial charge in [-0.05, 0) is 50.0 Å². The molecule has 1 fully saturated rings. The summed E-state index contributed by atoms with van der Waals surface area (Å²) in [7, 11) is 1.38. The molecule has 2 aliphatic rings. The third-order valence-electron chi connectivity index (χ3n) is 4.85. The Hall–Kier alpha value is -1.56. The highest BCUT2D eigenvalue weighted by Gasteiger charge is 2.29. The molecule has 0 spiro atoms. The molecule has 0 radical (unpaired) electrons. The quantitative estimate of drug-likeness (QED) is 0.693. The molecule has 1 aliphatic carbocycles. The van der Waals surface area contributed by atoms with E-state index in [0.29, 0.717) is 12.6 Å². The molecule has 2 N–H and O–H groups in total. The lowest BCUT2D eigenvalue weighted by Gasteiger charge is -2.35. The summed E-state index contributed by atoms with van der Waals surface area (Å²) in [5.41, 5.74) is 2.43. The van der Waals surface area contributed by atoms with E-state index >= 15 is 0 Å². The Balaban J connectivity index is 2.01. The van der Waals surface area contributed by atoms with Crippen LogP contribution in [0.1, 0.15) is 52.9 Å². The van der Waals surface area contributed by atoms with Gasteiger partial charge in [-0.25, -0.2) is 4.79 Å². The smallest absolute Gasteiger partial charge is 0.406 e. The number of hydrazone groups is 1. The van der Waals surface area contributed by atoms with Gasteiger partial charge in [0, 0.05) is 31.7 Å². The predicted octanol–water partition coefficient (Wildman–Crippen LogP) is 2.91. The third kappa shape index (κ3) is 6.69. The van der Waals surface area contributed by atoms with Crippen LogP contribution in [0.5, 0.6) is 0 Å². The van der Waals surface area contributed by atoms with E-state index in [1.165, 1.54) is 20.0 Å². The molecule has 0 bridgehead atoms. The fraction of sp³-hybridized carbons (Fsp3) is 0.789. The number of hydrogen-bond donors (Lipinski definition) is 2. The molecule has 1 saturated carbocycles. The molecule has 6 heteroatoms. The van der Waals surface area contributed by atoms with Crippen molar-refractivity contribution in [2.75, 3.05) is 26.7 Å². The van der Waals surface area contributed by atoms with Crippen molar-refractivity contribution in [2.24, 2.45) is 10.5 Å². The van der Waals surface area contributed by atoms with Crippen LogP contribution in [0.3, 0.4) is 0 Å². The Morgan fingerprint density at radius 3 is 2.84 bits per heavy atom. The Bertz CT molecular complexity index is 512. The number of alkyl carbamates (subject to hydrolysis) is 1. The van der Waals surface area contributed by atoms with Crippen LogP contribution in [0.4, 0.5) is 4.79 Å². The lowest BCUT2D eigenvalue weighted by Crippen LogP contribution is -2.41. The Kier molecular flexibility index (Phi) is 6.87. The van der Waals surface area contributed by atoms with Crippen LogP contribution in [0.15, 0.2) is 17.3 Å². The average Bonchev–Trinajstić information content (AvgIpc) is 3.36. The van der Waals surface area contributed by atoms with Crippen LogP contribution >= 0.6 is 0 Å². The molecule has 0 aromatic carbocycles. The summed E-state index contributed by atoms with van der Waals surface area (Å²) in [6.07, 6.45) is 5.09. The first kappa shape index (κ1) is 19.8. The average molecular weight is 351 g/mol. The Labute approximate surface area is 152 Å². The van der Waals surface area contributed by atoms with E-state index in [1.807, 2.05) is 0 Å². The van der Waals surface area contributed by atoms with Crippen molar-refractivity contribution < 1.29 is 9.53 Å².